The van der Waals surface area contributed by atoms with Gasteiger partial charge < -0.3 is 36.7 Å². The maximum atomic E-state index is 13.2. The lowest BCUT2D eigenvalue weighted by Gasteiger charge is -2.21. The molecule has 0 saturated heterocycles. The minimum atomic E-state index is -0.936. The average molecular weight is 597 g/mol. The zero-order valence-corrected chi connectivity index (χ0v) is 25.6. The van der Waals surface area contributed by atoms with Gasteiger partial charge in [0.1, 0.15) is 11.8 Å². The number of methoxy groups -OCH3 is 1. The van der Waals surface area contributed by atoms with E-state index in [-0.39, 0.29) is 23.8 Å². The third kappa shape index (κ3) is 13.8. The number of phenols is 1. The number of carbonyl (C=O) groups excluding carboxylic acids is 3. The van der Waals surface area contributed by atoms with Crippen molar-refractivity contribution in [3.63, 3.8) is 0 Å². The predicted molar refractivity (Wildman–Crippen MR) is 168 cm³/mol. The van der Waals surface area contributed by atoms with Gasteiger partial charge in [-0.15, -0.1) is 0 Å². The summed E-state index contributed by atoms with van der Waals surface area (Å²) in [5.41, 5.74) is 13.3. The summed E-state index contributed by atoms with van der Waals surface area (Å²) in [6.45, 7) is 5.04. The second kappa shape index (κ2) is 19.3. The van der Waals surface area contributed by atoms with Crippen LogP contribution in [-0.2, 0) is 27.3 Å². The van der Waals surface area contributed by atoms with Crippen LogP contribution < -0.4 is 31.6 Å². The topological polar surface area (TPSA) is 166 Å². The highest BCUT2D eigenvalue weighted by atomic mass is 16.6. The summed E-state index contributed by atoms with van der Waals surface area (Å²) in [7, 11) is 1.46. The number of hydrogen-bond acceptors (Lipinski definition) is 8. The van der Waals surface area contributed by atoms with Gasteiger partial charge in [-0.2, -0.15) is 0 Å². The molecule has 0 unspecified atom stereocenters. The van der Waals surface area contributed by atoms with Gasteiger partial charge >= 0.3 is 5.97 Å². The number of nitrogens with two attached hydrogens (primary N) is 2. The van der Waals surface area contributed by atoms with Crippen molar-refractivity contribution < 1.29 is 29.0 Å². The van der Waals surface area contributed by atoms with E-state index in [0.29, 0.717) is 50.4 Å². The van der Waals surface area contributed by atoms with Gasteiger partial charge in [0.15, 0.2) is 11.5 Å². The second-order valence-electron chi connectivity index (χ2n) is 10.9. The molecule has 10 heteroatoms. The Kier molecular flexibility index (Phi) is 15.9. The molecule has 0 aliphatic carbocycles. The van der Waals surface area contributed by atoms with Crippen molar-refractivity contribution in [1.82, 2.24) is 10.6 Å². The number of rotatable bonds is 19. The molecule has 0 aliphatic heterocycles. The van der Waals surface area contributed by atoms with Gasteiger partial charge in [0.25, 0.3) is 0 Å². The van der Waals surface area contributed by atoms with Gasteiger partial charge in [-0.3, -0.25) is 9.59 Å². The van der Waals surface area contributed by atoms with Gasteiger partial charge in [0.05, 0.1) is 13.2 Å². The van der Waals surface area contributed by atoms with Crippen LogP contribution in [0.3, 0.4) is 0 Å². The molecular formula is C33H48N4O6. The number of amides is 2. The molecule has 2 rings (SSSR count). The minimum absolute atomic E-state index is 0.0259. The van der Waals surface area contributed by atoms with Crippen LogP contribution in [0.15, 0.2) is 54.6 Å². The molecule has 2 aromatic carbocycles. The van der Waals surface area contributed by atoms with Crippen LogP contribution in [0.1, 0.15) is 69.9 Å². The fraction of sp³-hybridized carbons (Fsp3) is 0.485. The number of allylic oxidation sites excluding steroid dienone is 2. The van der Waals surface area contributed by atoms with Gasteiger partial charge in [0, 0.05) is 13.0 Å². The van der Waals surface area contributed by atoms with E-state index in [1.807, 2.05) is 0 Å². The Hall–Kier alpha value is -3.89. The average Bonchev–Trinajstić information content (AvgIpc) is 2.98. The first-order chi connectivity index (χ1) is 20.6. The molecule has 236 valence electrons. The summed E-state index contributed by atoms with van der Waals surface area (Å²) in [5, 5.41) is 15.1. The molecule has 0 heterocycles. The van der Waals surface area contributed by atoms with Crippen LogP contribution in [0, 0.1) is 5.92 Å². The molecule has 0 spiro atoms. The summed E-state index contributed by atoms with van der Waals surface area (Å²) in [6.07, 6.45) is 9.38. The highest BCUT2D eigenvalue weighted by Crippen LogP contribution is 2.29. The molecule has 2 amide bonds. The molecule has 0 aromatic heterocycles. The maximum Gasteiger partial charge on any atom is 0.334 e. The van der Waals surface area contributed by atoms with Gasteiger partial charge in [0.2, 0.25) is 11.8 Å². The first-order valence-electron chi connectivity index (χ1n) is 15.0. The van der Waals surface area contributed by atoms with Crippen molar-refractivity contribution in [2.24, 2.45) is 17.4 Å². The van der Waals surface area contributed by atoms with E-state index in [9.17, 15) is 19.5 Å². The van der Waals surface area contributed by atoms with E-state index < -0.39 is 24.0 Å². The van der Waals surface area contributed by atoms with E-state index in [1.54, 1.807) is 30.3 Å². The Labute approximate surface area is 255 Å². The number of nitrogens with one attached hydrogen (secondary N) is 2. The van der Waals surface area contributed by atoms with Crippen molar-refractivity contribution in [3.8, 4) is 17.2 Å². The number of esters is 1. The second-order valence-corrected chi connectivity index (χ2v) is 10.9. The minimum Gasteiger partial charge on any atom is -0.508 e. The number of aromatic hydroxyl groups is 1. The third-order valence-corrected chi connectivity index (χ3v) is 6.75. The molecule has 43 heavy (non-hydrogen) atoms. The lowest BCUT2D eigenvalue weighted by molar-refractivity contribution is -0.139. The van der Waals surface area contributed by atoms with Gasteiger partial charge in [-0.1, -0.05) is 44.2 Å². The first-order valence-corrected chi connectivity index (χ1v) is 15.0. The summed E-state index contributed by atoms with van der Waals surface area (Å²) in [5.74, 6) is 0.0104. The highest BCUT2D eigenvalue weighted by Gasteiger charge is 2.26. The molecule has 2 atom stereocenters. The number of phenolic OH excluding ortho intramolecular Hbond substituents is 1. The fourth-order valence-electron chi connectivity index (χ4n) is 4.29. The number of unbranched alkanes of at least 4 members (excludes halogenated alkanes) is 3. The number of benzene rings is 2. The van der Waals surface area contributed by atoms with Crippen LogP contribution in [-0.4, -0.2) is 48.6 Å². The van der Waals surface area contributed by atoms with Crippen LogP contribution in [0.5, 0.6) is 17.2 Å². The Bertz CT molecular complexity index is 1180. The van der Waals surface area contributed by atoms with Crippen molar-refractivity contribution >= 4 is 17.8 Å². The molecular weight excluding hydrogens is 548 g/mol. The normalized spacial score (nSPS) is 12.6. The summed E-state index contributed by atoms with van der Waals surface area (Å²) >= 11 is 0. The van der Waals surface area contributed by atoms with Gasteiger partial charge in [-0.25, -0.2) is 4.79 Å². The molecule has 7 N–H and O–H groups in total. The lowest BCUT2D eigenvalue weighted by atomic mass is 10.0. The zero-order valence-electron chi connectivity index (χ0n) is 25.6. The Morgan fingerprint density at radius 1 is 0.977 bits per heavy atom. The van der Waals surface area contributed by atoms with E-state index >= 15 is 0 Å². The quantitative estimate of drug-likeness (QED) is 0.0705. The first kappa shape index (κ1) is 35.3. The maximum absolute atomic E-state index is 13.2. The van der Waals surface area contributed by atoms with Gasteiger partial charge in [-0.05, 0) is 92.8 Å². The van der Waals surface area contributed by atoms with E-state index in [2.05, 4.69) is 36.6 Å². The van der Waals surface area contributed by atoms with E-state index in [0.717, 1.165) is 30.4 Å². The SMILES string of the molecule is COc1cc(CNC(=O)CCCC/C=C/C(C)C)ccc1OC(=O)[C@H](CCCCN)NC(=O)[C@@H](N)Cc1ccc(O)cc1. The number of carbonyl (C=O) groups is 3. The number of hydrogen-bond donors (Lipinski definition) is 5. The summed E-state index contributed by atoms with van der Waals surface area (Å²) < 4.78 is 11.1. The van der Waals surface area contributed by atoms with Crippen molar-refractivity contribution in [1.29, 1.82) is 0 Å². The largest absolute Gasteiger partial charge is 0.508 e. The van der Waals surface area contributed by atoms with Crippen LogP contribution >= 0.6 is 0 Å². The molecule has 2 aromatic rings. The van der Waals surface area contributed by atoms with Crippen LogP contribution in [0.4, 0.5) is 0 Å². The third-order valence-electron chi connectivity index (χ3n) is 6.75. The molecule has 0 radical (unpaired) electrons. The van der Waals surface area contributed by atoms with Crippen molar-refractivity contribution in [3.05, 3.63) is 65.7 Å². The van der Waals surface area contributed by atoms with Crippen LogP contribution in [0.25, 0.3) is 0 Å². The molecule has 0 saturated carbocycles. The molecule has 10 nitrogen and oxygen atoms in total. The molecule has 0 fully saturated rings. The molecule has 0 bridgehead atoms. The van der Waals surface area contributed by atoms with Crippen molar-refractivity contribution in [2.45, 2.75) is 83.8 Å². The van der Waals surface area contributed by atoms with Crippen LogP contribution in [0.2, 0.25) is 0 Å². The smallest absolute Gasteiger partial charge is 0.334 e. The summed E-state index contributed by atoms with van der Waals surface area (Å²) in [4.78, 5) is 38.3. The zero-order chi connectivity index (χ0) is 31.6. The molecule has 0 aliphatic rings. The Balaban J connectivity index is 1.95. The summed E-state index contributed by atoms with van der Waals surface area (Å²) in [6, 6.07) is 9.63. The fourth-order valence-corrected chi connectivity index (χ4v) is 4.29. The van der Waals surface area contributed by atoms with Crippen molar-refractivity contribution in [2.75, 3.05) is 13.7 Å². The standard InChI is InChI=1S/C33H48N4O6/c1-23(2)10-6-4-5-7-12-31(39)36-22-25-15-18-29(30(21-25)42-3)43-33(41)28(11-8-9-19-34)37-32(40)27(35)20-24-13-16-26(38)17-14-24/h6,10,13-18,21,23,27-28,38H,4-5,7-9,11-12,19-20,22,34-35H2,1-3H3,(H,36,39)(H,37,40)/b10-6+/t27-,28-/m0/s1. The Morgan fingerprint density at radius 3 is 2.37 bits per heavy atom. The lowest BCUT2D eigenvalue weighted by Crippen LogP contribution is -2.50. The number of ether oxygens (including phenoxy) is 2. The van der Waals surface area contributed by atoms with E-state index in [4.69, 9.17) is 20.9 Å². The highest BCUT2D eigenvalue weighted by molar-refractivity contribution is 5.88. The Morgan fingerprint density at radius 2 is 1.70 bits per heavy atom. The monoisotopic (exact) mass is 596 g/mol. The predicted octanol–water partition coefficient (Wildman–Crippen LogP) is 3.88. The van der Waals surface area contributed by atoms with E-state index in [1.165, 1.54) is 19.2 Å².